The molecule has 0 heterocycles. The third kappa shape index (κ3) is 5.64. The fourth-order valence-corrected chi connectivity index (χ4v) is 1.95. The van der Waals surface area contributed by atoms with Crippen molar-refractivity contribution in [2.24, 2.45) is 0 Å². The molecule has 1 N–H and O–H groups in total. The fraction of sp³-hybridized carbons (Fsp3) is 0.200. The minimum Gasteiger partial charge on any atom is -0.301 e. The van der Waals surface area contributed by atoms with Gasteiger partial charge in [-0.05, 0) is 25.1 Å². The Kier molecular flexibility index (Phi) is 8.58. The van der Waals surface area contributed by atoms with Crippen molar-refractivity contribution >= 4 is 16.7 Å². The van der Waals surface area contributed by atoms with Gasteiger partial charge in [0.25, 0.3) is 0 Å². The fourth-order valence-electron chi connectivity index (χ4n) is 1.11. The predicted octanol–water partition coefficient (Wildman–Crippen LogP) is 4.35. The van der Waals surface area contributed by atoms with Gasteiger partial charge in [-0.25, -0.2) is 4.21 Å². The highest BCUT2D eigenvalue weighted by Gasteiger charge is 2.02. The highest BCUT2D eigenvalue weighted by atomic mass is 32.2. The molecule has 1 rings (SSSR count). The van der Waals surface area contributed by atoms with Gasteiger partial charge in [-0.3, -0.25) is 0 Å². The van der Waals surface area contributed by atoms with E-state index in [0.29, 0.717) is 4.91 Å². The SMILES string of the molecule is C=C/C=C(\C=C)S(=O)Nc1ccc(C)cc1.CC. The number of hydrogen-bond acceptors (Lipinski definition) is 1. The number of aryl methyl sites for hydroxylation is 1. The van der Waals surface area contributed by atoms with Crippen LogP contribution in [0.15, 0.2) is 60.6 Å². The van der Waals surface area contributed by atoms with Gasteiger partial charge in [0.2, 0.25) is 0 Å². The molecule has 98 valence electrons. The predicted molar refractivity (Wildman–Crippen MR) is 82.8 cm³/mol. The summed E-state index contributed by atoms with van der Waals surface area (Å²) in [6.45, 7) is 13.2. The van der Waals surface area contributed by atoms with Crippen molar-refractivity contribution in [3.8, 4) is 0 Å². The summed E-state index contributed by atoms with van der Waals surface area (Å²) in [5, 5.41) is 0. The van der Waals surface area contributed by atoms with E-state index in [9.17, 15) is 4.21 Å². The molecule has 1 aromatic rings. The Morgan fingerprint density at radius 3 is 2.22 bits per heavy atom. The van der Waals surface area contributed by atoms with Crippen molar-refractivity contribution in [2.75, 3.05) is 4.72 Å². The van der Waals surface area contributed by atoms with E-state index < -0.39 is 11.0 Å². The van der Waals surface area contributed by atoms with Crippen LogP contribution < -0.4 is 4.72 Å². The number of hydrogen-bond donors (Lipinski definition) is 1. The molecule has 0 aliphatic rings. The highest BCUT2D eigenvalue weighted by Crippen LogP contribution is 2.12. The Morgan fingerprint density at radius 2 is 1.78 bits per heavy atom. The van der Waals surface area contributed by atoms with Crippen LogP contribution in [0.2, 0.25) is 0 Å². The highest BCUT2D eigenvalue weighted by molar-refractivity contribution is 7.90. The van der Waals surface area contributed by atoms with E-state index in [2.05, 4.69) is 17.9 Å². The summed E-state index contributed by atoms with van der Waals surface area (Å²) in [6.07, 6.45) is 4.81. The van der Waals surface area contributed by atoms with Gasteiger partial charge in [0.05, 0.1) is 4.91 Å². The lowest BCUT2D eigenvalue weighted by molar-refractivity contribution is 0.690. The summed E-state index contributed by atoms with van der Waals surface area (Å²) in [6, 6.07) is 7.71. The van der Waals surface area contributed by atoms with Gasteiger partial charge >= 0.3 is 0 Å². The number of anilines is 1. The van der Waals surface area contributed by atoms with Gasteiger partial charge in [-0.15, -0.1) is 0 Å². The minimum atomic E-state index is -1.29. The third-order valence-corrected chi connectivity index (χ3v) is 3.11. The molecule has 0 saturated heterocycles. The molecule has 3 heteroatoms. The lowest BCUT2D eigenvalue weighted by Crippen LogP contribution is -2.05. The van der Waals surface area contributed by atoms with E-state index >= 15 is 0 Å². The molecule has 0 fully saturated rings. The van der Waals surface area contributed by atoms with E-state index in [1.54, 1.807) is 18.2 Å². The smallest absolute Gasteiger partial charge is 0.150 e. The average Bonchev–Trinajstić information content (AvgIpc) is 2.41. The van der Waals surface area contributed by atoms with Crippen molar-refractivity contribution in [2.45, 2.75) is 20.8 Å². The van der Waals surface area contributed by atoms with Gasteiger partial charge in [-0.1, -0.05) is 56.9 Å². The van der Waals surface area contributed by atoms with E-state index in [1.807, 2.05) is 45.0 Å². The third-order valence-electron chi connectivity index (χ3n) is 1.96. The number of allylic oxidation sites excluding steroid dienone is 3. The maximum atomic E-state index is 11.8. The maximum Gasteiger partial charge on any atom is 0.150 e. The zero-order chi connectivity index (χ0) is 14.0. The molecule has 1 unspecified atom stereocenters. The largest absolute Gasteiger partial charge is 0.301 e. The summed E-state index contributed by atoms with van der Waals surface area (Å²) < 4.78 is 14.7. The van der Waals surface area contributed by atoms with E-state index in [4.69, 9.17) is 0 Å². The number of nitrogens with one attached hydrogen (secondary N) is 1. The van der Waals surface area contributed by atoms with Gasteiger partial charge in [0, 0.05) is 5.69 Å². The second kappa shape index (κ2) is 9.42. The summed E-state index contributed by atoms with van der Waals surface area (Å²) in [5.41, 5.74) is 1.99. The van der Waals surface area contributed by atoms with Crippen LogP contribution in [0, 0.1) is 6.92 Å². The molecule has 1 aromatic carbocycles. The monoisotopic (exact) mass is 263 g/mol. The molecule has 0 aromatic heterocycles. The van der Waals surface area contributed by atoms with Crippen LogP contribution in [0.5, 0.6) is 0 Å². The van der Waals surface area contributed by atoms with Gasteiger partial charge in [-0.2, -0.15) is 0 Å². The lowest BCUT2D eigenvalue weighted by Gasteiger charge is -2.06. The first kappa shape index (κ1) is 16.4. The summed E-state index contributed by atoms with van der Waals surface area (Å²) in [5.74, 6) is 0. The molecule has 0 aliphatic carbocycles. The van der Waals surface area contributed by atoms with Gasteiger partial charge in [0.15, 0.2) is 0 Å². The quantitative estimate of drug-likeness (QED) is 0.786. The Hall–Kier alpha value is -1.61. The average molecular weight is 263 g/mol. The Balaban J connectivity index is 0.00000137. The van der Waals surface area contributed by atoms with Crippen LogP contribution >= 0.6 is 0 Å². The lowest BCUT2D eigenvalue weighted by atomic mass is 10.2. The first-order valence-corrected chi connectivity index (χ1v) is 7.02. The minimum absolute atomic E-state index is 0.607. The standard InChI is InChI=1S/C13H15NOS.C2H6/c1-4-6-13(5-2)16(15)14-12-9-7-11(3)8-10-12;1-2/h4-10,14H,1-2H2,3H3;1-2H3/b13-6+;. The first-order chi connectivity index (χ1) is 8.67. The van der Waals surface area contributed by atoms with Crippen molar-refractivity contribution in [3.05, 3.63) is 66.1 Å². The van der Waals surface area contributed by atoms with Crippen LogP contribution in [-0.2, 0) is 11.0 Å². The van der Waals surface area contributed by atoms with Crippen LogP contribution in [0.1, 0.15) is 19.4 Å². The van der Waals surface area contributed by atoms with Crippen molar-refractivity contribution < 1.29 is 4.21 Å². The second-order valence-corrected chi connectivity index (χ2v) is 4.46. The van der Waals surface area contributed by atoms with E-state index in [1.165, 1.54) is 5.56 Å². The van der Waals surface area contributed by atoms with Gasteiger partial charge in [0.1, 0.15) is 11.0 Å². The van der Waals surface area contributed by atoms with Gasteiger partial charge < -0.3 is 4.72 Å². The van der Waals surface area contributed by atoms with Crippen LogP contribution in [0.4, 0.5) is 5.69 Å². The molecule has 0 aliphatic heterocycles. The Labute approximate surface area is 113 Å². The first-order valence-electron chi connectivity index (χ1n) is 5.87. The Bertz CT molecular complexity index is 432. The van der Waals surface area contributed by atoms with Crippen LogP contribution in [-0.4, -0.2) is 4.21 Å². The van der Waals surface area contributed by atoms with E-state index in [-0.39, 0.29) is 0 Å². The molecule has 0 amide bonds. The Morgan fingerprint density at radius 1 is 1.22 bits per heavy atom. The summed E-state index contributed by atoms with van der Waals surface area (Å²) in [7, 11) is -1.29. The second-order valence-electron chi connectivity index (χ2n) is 3.25. The number of benzene rings is 1. The van der Waals surface area contributed by atoms with Crippen molar-refractivity contribution in [3.63, 3.8) is 0 Å². The summed E-state index contributed by atoms with van der Waals surface area (Å²) >= 11 is 0. The molecule has 1 atom stereocenters. The van der Waals surface area contributed by atoms with Crippen LogP contribution in [0.25, 0.3) is 0 Å². The molecule has 0 saturated carbocycles. The molecule has 0 spiro atoms. The maximum absolute atomic E-state index is 11.8. The molecular weight excluding hydrogens is 242 g/mol. The van der Waals surface area contributed by atoms with Crippen LogP contribution in [0.3, 0.4) is 0 Å². The van der Waals surface area contributed by atoms with Crippen molar-refractivity contribution in [1.29, 1.82) is 0 Å². The molecule has 2 nitrogen and oxygen atoms in total. The topological polar surface area (TPSA) is 29.1 Å². The zero-order valence-electron chi connectivity index (χ0n) is 11.3. The van der Waals surface area contributed by atoms with E-state index in [0.717, 1.165) is 5.69 Å². The molecular formula is C15H21NOS. The molecule has 0 radical (unpaired) electrons. The normalized spacial score (nSPS) is 11.8. The zero-order valence-corrected chi connectivity index (χ0v) is 12.1. The molecule has 18 heavy (non-hydrogen) atoms. The van der Waals surface area contributed by atoms with Crippen molar-refractivity contribution in [1.82, 2.24) is 0 Å². The molecule has 0 bridgehead atoms. The summed E-state index contributed by atoms with van der Waals surface area (Å²) in [4.78, 5) is 0.607. The number of rotatable bonds is 5.